The van der Waals surface area contributed by atoms with E-state index in [0.29, 0.717) is 6.04 Å². The lowest BCUT2D eigenvalue weighted by Gasteiger charge is -2.17. The van der Waals surface area contributed by atoms with Crippen LogP contribution in [0.15, 0.2) is 0 Å². The van der Waals surface area contributed by atoms with Crippen molar-refractivity contribution in [2.75, 3.05) is 17.8 Å². The van der Waals surface area contributed by atoms with Gasteiger partial charge in [-0.1, -0.05) is 6.92 Å². The van der Waals surface area contributed by atoms with Gasteiger partial charge in [-0.2, -0.15) is 23.5 Å². The minimum absolute atomic E-state index is 0.677. The number of rotatable bonds is 4. The summed E-state index contributed by atoms with van der Waals surface area (Å²) in [6.07, 6.45) is 3.52. The van der Waals surface area contributed by atoms with Crippen LogP contribution in [0.2, 0.25) is 0 Å². The highest BCUT2D eigenvalue weighted by Crippen LogP contribution is 2.26. The van der Waals surface area contributed by atoms with Gasteiger partial charge < -0.3 is 5.32 Å². The molecule has 72 valence electrons. The molecule has 1 heterocycles. The molecule has 1 aliphatic heterocycles. The zero-order valence-electron chi connectivity index (χ0n) is 8.17. The smallest absolute Gasteiger partial charge is 0.0171 e. The van der Waals surface area contributed by atoms with Crippen LogP contribution in [0.25, 0.3) is 0 Å². The highest BCUT2D eigenvalue weighted by Gasteiger charge is 2.22. The quantitative estimate of drug-likeness (QED) is 0.756. The molecule has 0 aromatic rings. The molecule has 12 heavy (non-hydrogen) atoms. The van der Waals surface area contributed by atoms with E-state index in [1.165, 1.54) is 17.9 Å². The van der Waals surface area contributed by atoms with Crippen molar-refractivity contribution < 1.29 is 0 Å². The molecule has 1 rings (SSSR count). The Morgan fingerprint density at radius 3 is 2.92 bits per heavy atom. The van der Waals surface area contributed by atoms with E-state index in [1.54, 1.807) is 0 Å². The molecule has 0 aromatic heterocycles. The molecule has 1 saturated heterocycles. The van der Waals surface area contributed by atoms with Gasteiger partial charge in [-0.15, -0.1) is 0 Å². The topological polar surface area (TPSA) is 12.0 Å². The van der Waals surface area contributed by atoms with Crippen LogP contribution in [0.3, 0.4) is 0 Å². The van der Waals surface area contributed by atoms with Crippen LogP contribution in [-0.4, -0.2) is 35.1 Å². The van der Waals surface area contributed by atoms with Crippen LogP contribution >= 0.6 is 23.5 Å². The van der Waals surface area contributed by atoms with Crippen molar-refractivity contribution in [3.8, 4) is 0 Å². The molecular weight excluding hydrogens is 186 g/mol. The molecule has 3 heteroatoms. The Hall–Kier alpha value is 0.660. The second kappa shape index (κ2) is 5.40. The van der Waals surface area contributed by atoms with Gasteiger partial charge >= 0.3 is 0 Å². The van der Waals surface area contributed by atoms with E-state index in [9.17, 15) is 0 Å². The summed E-state index contributed by atoms with van der Waals surface area (Å²) in [5.41, 5.74) is 0. The van der Waals surface area contributed by atoms with Crippen LogP contribution in [0.5, 0.6) is 0 Å². The fraction of sp³-hybridized carbons (Fsp3) is 1.00. The van der Waals surface area contributed by atoms with Crippen LogP contribution in [0, 0.1) is 0 Å². The van der Waals surface area contributed by atoms with Crippen LogP contribution in [0.1, 0.15) is 20.3 Å². The summed E-state index contributed by atoms with van der Waals surface area (Å²) in [4.78, 5) is 0. The van der Waals surface area contributed by atoms with Gasteiger partial charge in [-0.3, -0.25) is 0 Å². The number of hydrogen-bond donors (Lipinski definition) is 1. The molecule has 1 fully saturated rings. The van der Waals surface area contributed by atoms with Crippen molar-refractivity contribution in [3.05, 3.63) is 0 Å². The fourth-order valence-electron chi connectivity index (χ4n) is 1.63. The summed E-state index contributed by atoms with van der Waals surface area (Å²) in [5.74, 6) is 2.54. The Balaban J connectivity index is 2.14. The van der Waals surface area contributed by atoms with Gasteiger partial charge in [0, 0.05) is 28.8 Å². The maximum absolute atomic E-state index is 3.67. The van der Waals surface area contributed by atoms with E-state index < -0.39 is 0 Å². The molecule has 3 atom stereocenters. The molecule has 1 aliphatic rings. The summed E-state index contributed by atoms with van der Waals surface area (Å²) in [7, 11) is 0. The molecule has 0 aliphatic carbocycles. The summed E-state index contributed by atoms with van der Waals surface area (Å²) >= 11 is 4.02. The predicted molar refractivity (Wildman–Crippen MR) is 61.3 cm³/mol. The molecule has 0 aromatic carbocycles. The molecule has 3 unspecified atom stereocenters. The summed E-state index contributed by atoms with van der Waals surface area (Å²) in [6.45, 7) is 4.61. The molecule has 0 amide bonds. The van der Waals surface area contributed by atoms with Gasteiger partial charge in [0.25, 0.3) is 0 Å². The zero-order valence-corrected chi connectivity index (χ0v) is 9.80. The first-order valence-electron chi connectivity index (χ1n) is 4.59. The second-order valence-corrected chi connectivity index (χ2v) is 5.98. The first-order chi connectivity index (χ1) is 5.72. The average Bonchev–Trinajstić information content (AvgIpc) is 2.36. The Kier molecular flexibility index (Phi) is 4.84. The number of hydrogen-bond acceptors (Lipinski definition) is 3. The monoisotopic (exact) mass is 205 g/mol. The van der Waals surface area contributed by atoms with Gasteiger partial charge in [0.15, 0.2) is 0 Å². The second-order valence-electron chi connectivity index (χ2n) is 3.60. The summed E-state index contributed by atoms with van der Waals surface area (Å²) in [5, 5.41) is 4.53. The molecule has 0 spiro atoms. The largest absolute Gasteiger partial charge is 0.310 e. The number of thioether (sulfide) groups is 2. The van der Waals surface area contributed by atoms with Crippen LogP contribution < -0.4 is 5.32 Å². The van der Waals surface area contributed by atoms with Gasteiger partial charge in [-0.05, 0) is 19.6 Å². The Morgan fingerprint density at radius 2 is 2.42 bits per heavy atom. The SMILES string of the molecule is CSCC(C)NC1CSC(C)C1. The molecular formula is C9H19NS2. The lowest BCUT2D eigenvalue weighted by atomic mass is 10.2. The lowest BCUT2D eigenvalue weighted by Crippen LogP contribution is -2.38. The fourth-order valence-corrected chi connectivity index (χ4v) is 3.39. The van der Waals surface area contributed by atoms with Crippen molar-refractivity contribution in [3.63, 3.8) is 0 Å². The van der Waals surface area contributed by atoms with E-state index in [0.717, 1.165) is 11.3 Å². The summed E-state index contributed by atoms with van der Waals surface area (Å²) in [6, 6.07) is 1.45. The summed E-state index contributed by atoms with van der Waals surface area (Å²) < 4.78 is 0. The zero-order chi connectivity index (χ0) is 8.97. The third kappa shape index (κ3) is 3.58. The van der Waals surface area contributed by atoms with E-state index >= 15 is 0 Å². The lowest BCUT2D eigenvalue weighted by molar-refractivity contribution is 0.489. The minimum atomic E-state index is 0.677. The van der Waals surface area contributed by atoms with E-state index in [1.807, 2.05) is 11.8 Å². The Morgan fingerprint density at radius 1 is 1.67 bits per heavy atom. The van der Waals surface area contributed by atoms with Crippen molar-refractivity contribution in [1.29, 1.82) is 0 Å². The molecule has 0 saturated carbocycles. The van der Waals surface area contributed by atoms with E-state index in [-0.39, 0.29) is 0 Å². The van der Waals surface area contributed by atoms with E-state index in [4.69, 9.17) is 0 Å². The Labute approximate surface area is 84.4 Å². The first-order valence-corrected chi connectivity index (χ1v) is 7.03. The first kappa shape index (κ1) is 10.7. The van der Waals surface area contributed by atoms with Gasteiger partial charge in [0.1, 0.15) is 0 Å². The maximum atomic E-state index is 3.67. The normalized spacial score (nSPS) is 32.2. The molecule has 1 N–H and O–H groups in total. The molecule has 1 nitrogen and oxygen atoms in total. The van der Waals surface area contributed by atoms with E-state index in [2.05, 4.69) is 37.2 Å². The highest BCUT2D eigenvalue weighted by molar-refractivity contribution is 8.00. The third-order valence-electron chi connectivity index (χ3n) is 2.14. The van der Waals surface area contributed by atoms with Gasteiger partial charge in [0.2, 0.25) is 0 Å². The van der Waals surface area contributed by atoms with Crippen LogP contribution in [-0.2, 0) is 0 Å². The highest BCUT2D eigenvalue weighted by atomic mass is 32.2. The van der Waals surface area contributed by atoms with Crippen LogP contribution in [0.4, 0.5) is 0 Å². The molecule has 0 bridgehead atoms. The van der Waals surface area contributed by atoms with Crippen molar-refractivity contribution in [1.82, 2.24) is 5.32 Å². The number of nitrogens with one attached hydrogen (secondary N) is 1. The van der Waals surface area contributed by atoms with Gasteiger partial charge in [0.05, 0.1) is 0 Å². The van der Waals surface area contributed by atoms with Crippen molar-refractivity contribution in [2.45, 2.75) is 37.6 Å². The minimum Gasteiger partial charge on any atom is -0.310 e. The third-order valence-corrected chi connectivity index (χ3v) is 4.32. The maximum Gasteiger partial charge on any atom is 0.0171 e. The standard InChI is InChI=1S/C9H19NS2/c1-7(5-11-3)10-9-4-8(2)12-6-9/h7-10H,4-6H2,1-3H3. The van der Waals surface area contributed by atoms with Gasteiger partial charge in [-0.25, -0.2) is 0 Å². The predicted octanol–water partition coefficient (Wildman–Crippen LogP) is 2.22. The Bertz CT molecular complexity index is 130. The molecule has 0 radical (unpaired) electrons. The van der Waals surface area contributed by atoms with Crippen molar-refractivity contribution in [2.24, 2.45) is 0 Å². The average molecular weight is 205 g/mol. The van der Waals surface area contributed by atoms with Crippen molar-refractivity contribution >= 4 is 23.5 Å².